The summed E-state index contributed by atoms with van der Waals surface area (Å²) in [5.41, 5.74) is 3.62. The smallest absolute Gasteiger partial charge is 0.251 e. The van der Waals surface area contributed by atoms with Gasteiger partial charge < -0.3 is 10.3 Å². The minimum Gasteiger partial charge on any atom is -0.342 e. The van der Waals surface area contributed by atoms with Crippen molar-refractivity contribution in [3.05, 3.63) is 65.5 Å². The Hall–Kier alpha value is -2.62. The lowest BCUT2D eigenvalue weighted by Crippen LogP contribution is -2.27. The van der Waals surface area contributed by atoms with Crippen molar-refractivity contribution < 1.29 is 4.79 Å². The first-order valence-electron chi connectivity index (χ1n) is 6.95. The van der Waals surface area contributed by atoms with Crippen LogP contribution in [0.4, 0.5) is 0 Å². The van der Waals surface area contributed by atoms with E-state index in [1.165, 1.54) is 0 Å². The van der Waals surface area contributed by atoms with Crippen molar-refractivity contribution in [3.8, 4) is 0 Å². The fourth-order valence-corrected chi connectivity index (χ4v) is 2.31. The van der Waals surface area contributed by atoms with E-state index in [0.717, 1.165) is 22.4 Å². The molecule has 0 radical (unpaired) electrons. The summed E-state index contributed by atoms with van der Waals surface area (Å²) in [5.74, 6) is 0.670. The number of hydrogen-bond donors (Lipinski definition) is 2. The lowest BCUT2D eigenvalue weighted by atomic mass is 10.1. The number of aromatic nitrogens is 2. The van der Waals surface area contributed by atoms with Gasteiger partial charge in [-0.1, -0.05) is 29.8 Å². The molecule has 0 aliphatic carbocycles. The third-order valence-corrected chi connectivity index (χ3v) is 3.45. The number of nitrogens with zero attached hydrogens (tertiary/aromatic N) is 1. The number of carbonyl (C=O) groups excluding carboxylic acids is 1. The van der Waals surface area contributed by atoms with Crippen molar-refractivity contribution in [2.24, 2.45) is 0 Å². The summed E-state index contributed by atoms with van der Waals surface area (Å²) in [5, 5.41) is 2.97. The Morgan fingerprint density at radius 3 is 2.76 bits per heavy atom. The lowest BCUT2D eigenvalue weighted by Gasteiger charge is -2.11. The second-order valence-corrected chi connectivity index (χ2v) is 5.20. The van der Waals surface area contributed by atoms with Crippen LogP contribution >= 0.6 is 0 Å². The maximum absolute atomic E-state index is 12.2. The van der Waals surface area contributed by atoms with Crippen LogP contribution in [0.1, 0.15) is 34.7 Å². The number of imidazole rings is 1. The van der Waals surface area contributed by atoms with Gasteiger partial charge in [0.25, 0.3) is 5.91 Å². The van der Waals surface area contributed by atoms with Crippen molar-refractivity contribution in [1.29, 1.82) is 0 Å². The largest absolute Gasteiger partial charge is 0.342 e. The van der Waals surface area contributed by atoms with Crippen LogP contribution in [0.15, 0.2) is 48.5 Å². The molecule has 4 heteroatoms. The second kappa shape index (κ2) is 5.40. The predicted molar refractivity (Wildman–Crippen MR) is 83.2 cm³/mol. The van der Waals surface area contributed by atoms with Crippen LogP contribution in [-0.4, -0.2) is 15.9 Å². The van der Waals surface area contributed by atoms with E-state index in [9.17, 15) is 4.79 Å². The maximum Gasteiger partial charge on any atom is 0.251 e. The lowest BCUT2D eigenvalue weighted by molar-refractivity contribution is 0.0938. The van der Waals surface area contributed by atoms with Gasteiger partial charge in [-0.2, -0.15) is 0 Å². The van der Waals surface area contributed by atoms with Gasteiger partial charge in [0.2, 0.25) is 0 Å². The maximum atomic E-state index is 12.2. The van der Waals surface area contributed by atoms with Gasteiger partial charge in [-0.3, -0.25) is 4.79 Å². The van der Waals surface area contributed by atoms with E-state index in [-0.39, 0.29) is 11.9 Å². The summed E-state index contributed by atoms with van der Waals surface area (Å²) < 4.78 is 0. The van der Waals surface area contributed by atoms with Crippen LogP contribution in [-0.2, 0) is 0 Å². The van der Waals surface area contributed by atoms with Crippen LogP contribution in [0, 0.1) is 6.92 Å². The van der Waals surface area contributed by atoms with Crippen molar-refractivity contribution >= 4 is 16.9 Å². The molecule has 0 aliphatic heterocycles. The molecular weight excluding hydrogens is 262 g/mol. The Kier molecular flexibility index (Phi) is 3.44. The number of fused-ring (bicyclic) bond motifs is 1. The standard InChI is InChI=1S/C17H17N3O/c1-11-6-5-7-13(10-11)17(21)18-12(2)16-19-14-8-3-4-9-15(14)20-16/h3-10,12H,1-2H3,(H,18,21)(H,19,20)/t12-/m0/s1. The molecule has 21 heavy (non-hydrogen) atoms. The molecule has 0 fully saturated rings. The number of H-pyrrole nitrogens is 1. The van der Waals surface area contributed by atoms with Gasteiger partial charge in [-0.25, -0.2) is 4.98 Å². The zero-order chi connectivity index (χ0) is 14.8. The quantitative estimate of drug-likeness (QED) is 0.772. The van der Waals surface area contributed by atoms with E-state index in [2.05, 4.69) is 15.3 Å². The van der Waals surface area contributed by atoms with Gasteiger partial charge >= 0.3 is 0 Å². The molecule has 0 aliphatic rings. The summed E-state index contributed by atoms with van der Waals surface area (Å²) in [7, 11) is 0. The number of aryl methyl sites for hydroxylation is 1. The van der Waals surface area contributed by atoms with Crippen molar-refractivity contribution in [2.75, 3.05) is 0 Å². The summed E-state index contributed by atoms with van der Waals surface area (Å²) in [6.45, 7) is 3.89. The van der Waals surface area contributed by atoms with Crippen molar-refractivity contribution in [1.82, 2.24) is 15.3 Å². The van der Waals surface area contributed by atoms with Crippen LogP contribution in [0.3, 0.4) is 0 Å². The van der Waals surface area contributed by atoms with Crippen molar-refractivity contribution in [3.63, 3.8) is 0 Å². The molecular formula is C17H17N3O. The molecule has 0 saturated heterocycles. The number of carbonyl (C=O) groups is 1. The fraction of sp³-hybridized carbons (Fsp3) is 0.176. The van der Waals surface area contributed by atoms with Gasteiger partial charge in [0.15, 0.2) is 0 Å². The highest BCUT2D eigenvalue weighted by Gasteiger charge is 2.14. The summed E-state index contributed by atoms with van der Waals surface area (Å²) in [6, 6.07) is 15.2. The Morgan fingerprint density at radius 2 is 2.00 bits per heavy atom. The number of rotatable bonds is 3. The first kappa shape index (κ1) is 13.4. The number of para-hydroxylation sites is 2. The highest BCUT2D eigenvalue weighted by Crippen LogP contribution is 2.16. The van der Waals surface area contributed by atoms with Gasteiger partial charge in [-0.05, 0) is 38.1 Å². The van der Waals surface area contributed by atoms with Gasteiger partial charge in [0.1, 0.15) is 5.82 Å². The van der Waals surface area contributed by atoms with Crippen LogP contribution < -0.4 is 5.32 Å². The third-order valence-electron chi connectivity index (χ3n) is 3.45. The third kappa shape index (κ3) is 2.79. The molecule has 0 saturated carbocycles. The SMILES string of the molecule is Cc1cccc(C(=O)N[C@@H](C)c2nc3ccccc3[nH]2)c1. The van der Waals surface area contributed by atoms with Crippen LogP contribution in [0.25, 0.3) is 11.0 Å². The van der Waals surface area contributed by atoms with Gasteiger partial charge in [0, 0.05) is 5.56 Å². The van der Waals surface area contributed by atoms with E-state index >= 15 is 0 Å². The molecule has 3 aromatic rings. The molecule has 106 valence electrons. The molecule has 3 rings (SSSR count). The average Bonchev–Trinajstić information content (AvgIpc) is 2.91. The molecule has 2 N–H and O–H groups in total. The van der Waals surface area contributed by atoms with E-state index < -0.39 is 0 Å². The zero-order valence-corrected chi connectivity index (χ0v) is 12.1. The number of hydrogen-bond acceptors (Lipinski definition) is 2. The molecule has 1 aromatic heterocycles. The predicted octanol–water partition coefficient (Wildman–Crippen LogP) is 3.36. The van der Waals surface area contributed by atoms with E-state index in [1.807, 2.05) is 62.4 Å². The summed E-state index contributed by atoms with van der Waals surface area (Å²) >= 11 is 0. The van der Waals surface area contributed by atoms with E-state index in [1.54, 1.807) is 0 Å². The average molecular weight is 279 g/mol. The normalized spacial score (nSPS) is 12.3. The topological polar surface area (TPSA) is 57.8 Å². The first-order chi connectivity index (χ1) is 10.1. The minimum absolute atomic E-state index is 0.0911. The monoisotopic (exact) mass is 279 g/mol. The molecule has 1 atom stereocenters. The Balaban J connectivity index is 1.79. The van der Waals surface area contributed by atoms with Crippen molar-refractivity contribution in [2.45, 2.75) is 19.9 Å². The minimum atomic E-state index is -0.176. The van der Waals surface area contributed by atoms with E-state index in [0.29, 0.717) is 5.56 Å². The van der Waals surface area contributed by atoms with E-state index in [4.69, 9.17) is 0 Å². The van der Waals surface area contributed by atoms with Crippen LogP contribution in [0.2, 0.25) is 0 Å². The molecule has 2 aromatic carbocycles. The molecule has 0 unspecified atom stereocenters. The Morgan fingerprint density at radius 1 is 1.19 bits per heavy atom. The zero-order valence-electron chi connectivity index (χ0n) is 12.1. The van der Waals surface area contributed by atoms with Crippen LogP contribution in [0.5, 0.6) is 0 Å². The molecule has 0 spiro atoms. The van der Waals surface area contributed by atoms with Gasteiger partial charge in [-0.15, -0.1) is 0 Å². The molecule has 4 nitrogen and oxygen atoms in total. The fourth-order valence-electron chi connectivity index (χ4n) is 2.31. The number of nitrogens with one attached hydrogen (secondary N) is 2. The first-order valence-corrected chi connectivity index (χ1v) is 6.95. The number of benzene rings is 2. The second-order valence-electron chi connectivity index (χ2n) is 5.20. The Bertz CT molecular complexity index is 758. The molecule has 1 amide bonds. The number of amides is 1. The summed E-state index contributed by atoms with van der Waals surface area (Å²) in [4.78, 5) is 20.0. The highest BCUT2D eigenvalue weighted by atomic mass is 16.1. The molecule has 1 heterocycles. The summed E-state index contributed by atoms with van der Waals surface area (Å²) in [6.07, 6.45) is 0. The van der Waals surface area contributed by atoms with Gasteiger partial charge in [0.05, 0.1) is 17.1 Å². The highest BCUT2D eigenvalue weighted by molar-refractivity contribution is 5.94. The Labute approximate surface area is 123 Å². The number of aromatic amines is 1. The molecule has 0 bridgehead atoms.